The molecule has 0 radical (unpaired) electrons. The summed E-state index contributed by atoms with van der Waals surface area (Å²) in [6.45, 7) is 4.46. The highest BCUT2D eigenvalue weighted by atomic mass is 14.1. The standard InChI is InChI=1S/C16H16/c1-4-12(3)15-11-7-10-14-9-6-8-13(5-2)16(14)15/h2,6-12H,4H2,1,3H3. The Morgan fingerprint density at radius 3 is 2.50 bits per heavy atom. The minimum absolute atomic E-state index is 0.554. The van der Waals surface area contributed by atoms with Gasteiger partial charge in [-0.1, -0.05) is 50.1 Å². The van der Waals surface area contributed by atoms with E-state index in [1.54, 1.807) is 0 Å². The predicted octanol–water partition coefficient (Wildman–Crippen LogP) is 4.33. The van der Waals surface area contributed by atoms with Crippen LogP contribution in [0.2, 0.25) is 0 Å². The Kier molecular flexibility index (Phi) is 2.97. The molecule has 0 bridgehead atoms. The lowest BCUT2D eigenvalue weighted by atomic mass is 9.90. The molecule has 0 heteroatoms. The maximum atomic E-state index is 5.58. The molecule has 0 saturated carbocycles. The van der Waals surface area contributed by atoms with Crippen LogP contribution >= 0.6 is 0 Å². The molecule has 0 aliphatic rings. The van der Waals surface area contributed by atoms with Crippen LogP contribution in [-0.2, 0) is 0 Å². The van der Waals surface area contributed by atoms with Crippen LogP contribution in [0.3, 0.4) is 0 Å². The van der Waals surface area contributed by atoms with Crippen molar-refractivity contribution in [2.75, 3.05) is 0 Å². The molecule has 1 atom stereocenters. The van der Waals surface area contributed by atoms with Crippen LogP contribution in [0.4, 0.5) is 0 Å². The van der Waals surface area contributed by atoms with Gasteiger partial charge in [0.2, 0.25) is 0 Å². The Balaban J connectivity index is 2.80. The average Bonchev–Trinajstić information content (AvgIpc) is 2.36. The molecule has 0 fully saturated rings. The Hall–Kier alpha value is -1.74. The second kappa shape index (κ2) is 4.41. The van der Waals surface area contributed by atoms with Gasteiger partial charge in [-0.2, -0.15) is 0 Å². The monoisotopic (exact) mass is 208 g/mol. The van der Waals surface area contributed by atoms with Crippen molar-refractivity contribution in [1.82, 2.24) is 0 Å². The SMILES string of the molecule is C#Cc1cccc2cccc(C(C)CC)c12. The van der Waals surface area contributed by atoms with Gasteiger partial charge in [-0.3, -0.25) is 0 Å². The van der Waals surface area contributed by atoms with Gasteiger partial charge >= 0.3 is 0 Å². The molecule has 0 N–H and O–H groups in total. The van der Waals surface area contributed by atoms with Gasteiger partial charge in [-0.25, -0.2) is 0 Å². The van der Waals surface area contributed by atoms with Gasteiger partial charge in [-0.15, -0.1) is 6.42 Å². The topological polar surface area (TPSA) is 0 Å². The first-order valence-electron chi connectivity index (χ1n) is 5.76. The fraction of sp³-hybridized carbons (Fsp3) is 0.250. The van der Waals surface area contributed by atoms with Crippen LogP contribution in [0.1, 0.15) is 37.3 Å². The normalized spacial score (nSPS) is 12.3. The van der Waals surface area contributed by atoms with Gasteiger partial charge in [0.25, 0.3) is 0 Å². The van der Waals surface area contributed by atoms with Crippen LogP contribution in [0.15, 0.2) is 36.4 Å². The molecule has 2 aromatic rings. The van der Waals surface area contributed by atoms with E-state index in [2.05, 4.69) is 44.0 Å². The van der Waals surface area contributed by atoms with E-state index >= 15 is 0 Å². The van der Waals surface area contributed by atoms with Gasteiger partial charge in [0.15, 0.2) is 0 Å². The molecular weight excluding hydrogens is 192 g/mol. The first-order chi connectivity index (χ1) is 7.77. The Bertz CT molecular complexity index is 538. The van der Waals surface area contributed by atoms with Crippen LogP contribution in [0.5, 0.6) is 0 Å². The Morgan fingerprint density at radius 2 is 1.88 bits per heavy atom. The van der Waals surface area contributed by atoms with Crippen molar-refractivity contribution in [3.63, 3.8) is 0 Å². The third-order valence-corrected chi connectivity index (χ3v) is 3.24. The minimum Gasteiger partial charge on any atom is -0.115 e. The molecule has 2 aromatic carbocycles. The molecule has 0 aliphatic carbocycles. The summed E-state index contributed by atoms with van der Waals surface area (Å²) in [4.78, 5) is 0. The maximum Gasteiger partial charge on any atom is 0.0323 e. The third-order valence-electron chi connectivity index (χ3n) is 3.24. The summed E-state index contributed by atoms with van der Waals surface area (Å²) in [5.41, 5.74) is 2.38. The molecule has 1 unspecified atom stereocenters. The lowest BCUT2D eigenvalue weighted by Crippen LogP contribution is -1.94. The van der Waals surface area contributed by atoms with Gasteiger partial charge in [0.05, 0.1) is 0 Å². The second-order valence-electron chi connectivity index (χ2n) is 4.20. The van der Waals surface area contributed by atoms with Crippen LogP contribution in [-0.4, -0.2) is 0 Å². The predicted molar refractivity (Wildman–Crippen MR) is 70.6 cm³/mol. The lowest BCUT2D eigenvalue weighted by Gasteiger charge is -2.13. The van der Waals surface area contributed by atoms with Crippen molar-refractivity contribution in [2.24, 2.45) is 0 Å². The van der Waals surface area contributed by atoms with E-state index < -0.39 is 0 Å². The summed E-state index contributed by atoms with van der Waals surface area (Å²) in [5.74, 6) is 3.34. The van der Waals surface area contributed by atoms with Crippen LogP contribution in [0, 0.1) is 12.3 Å². The average molecular weight is 208 g/mol. The summed E-state index contributed by atoms with van der Waals surface area (Å²) in [5, 5.41) is 2.50. The first-order valence-corrected chi connectivity index (χ1v) is 5.76. The Labute approximate surface area is 97.3 Å². The van der Waals surface area contributed by atoms with E-state index in [1.165, 1.54) is 16.3 Å². The third kappa shape index (κ3) is 1.70. The molecule has 80 valence electrons. The molecule has 0 nitrogen and oxygen atoms in total. The highest BCUT2D eigenvalue weighted by Crippen LogP contribution is 2.29. The summed E-state index contributed by atoms with van der Waals surface area (Å²) in [7, 11) is 0. The highest BCUT2D eigenvalue weighted by Gasteiger charge is 2.09. The molecular formula is C16H16. The number of hydrogen-bond donors (Lipinski definition) is 0. The van der Waals surface area contributed by atoms with Gasteiger partial charge < -0.3 is 0 Å². The van der Waals surface area contributed by atoms with Crippen molar-refractivity contribution in [3.8, 4) is 12.3 Å². The quantitative estimate of drug-likeness (QED) is 0.644. The number of rotatable bonds is 2. The summed E-state index contributed by atoms with van der Waals surface area (Å²) < 4.78 is 0. The molecule has 0 aromatic heterocycles. The molecule has 0 heterocycles. The largest absolute Gasteiger partial charge is 0.115 e. The minimum atomic E-state index is 0.554. The second-order valence-corrected chi connectivity index (χ2v) is 4.20. The summed E-state index contributed by atoms with van der Waals surface area (Å²) in [6, 6.07) is 12.6. The molecule has 0 spiro atoms. The fourth-order valence-corrected chi connectivity index (χ4v) is 2.12. The van der Waals surface area contributed by atoms with Crippen molar-refractivity contribution in [1.29, 1.82) is 0 Å². The first kappa shape index (κ1) is 10.8. The van der Waals surface area contributed by atoms with Crippen molar-refractivity contribution < 1.29 is 0 Å². The molecule has 16 heavy (non-hydrogen) atoms. The van der Waals surface area contributed by atoms with Crippen molar-refractivity contribution in [2.45, 2.75) is 26.2 Å². The number of fused-ring (bicyclic) bond motifs is 1. The number of terminal acetylenes is 1. The molecule has 0 amide bonds. The highest BCUT2D eigenvalue weighted by molar-refractivity contribution is 5.91. The molecule has 0 aliphatic heterocycles. The van der Waals surface area contributed by atoms with Gasteiger partial charge in [0, 0.05) is 10.9 Å². The number of hydrogen-bond acceptors (Lipinski definition) is 0. The van der Waals surface area contributed by atoms with Crippen LogP contribution < -0.4 is 0 Å². The zero-order valence-electron chi connectivity index (χ0n) is 9.83. The van der Waals surface area contributed by atoms with E-state index in [-0.39, 0.29) is 0 Å². The lowest BCUT2D eigenvalue weighted by molar-refractivity contribution is 0.739. The fourth-order valence-electron chi connectivity index (χ4n) is 2.12. The van der Waals surface area contributed by atoms with E-state index in [0.717, 1.165) is 12.0 Å². The number of benzene rings is 2. The van der Waals surface area contributed by atoms with Crippen molar-refractivity contribution in [3.05, 3.63) is 47.5 Å². The smallest absolute Gasteiger partial charge is 0.0323 e. The Morgan fingerprint density at radius 1 is 1.19 bits per heavy atom. The molecule has 0 saturated heterocycles. The van der Waals surface area contributed by atoms with Crippen LogP contribution in [0.25, 0.3) is 10.8 Å². The summed E-state index contributed by atoms with van der Waals surface area (Å²) in [6.07, 6.45) is 6.71. The van der Waals surface area contributed by atoms with Crippen molar-refractivity contribution >= 4 is 10.8 Å². The van der Waals surface area contributed by atoms with Gasteiger partial charge in [0.1, 0.15) is 0 Å². The van der Waals surface area contributed by atoms with E-state index in [9.17, 15) is 0 Å². The maximum absolute atomic E-state index is 5.58. The zero-order valence-corrected chi connectivity index (χ0v) is 9.83. The van der Waals surface area contributed by atoms with E-state index in [1.807, 2.05) is 12.1 Å². The summed E-state index contributed by atoms with van der Waals surface area (Å²) >= 11 is 0. The molecule has 2 rings (SSSR count). The van der Waals surface area contributed by atoms with Gasteiger partial charge in [-0.05, 0) is 29.4 Å². The zero-order chi connectivity index (χ0) is 11.5. The van der Waals surface area contributed by atoms with E-state index in [0.29, 0.717) is 5.92 Å². The van der Waals surface area contributed by atoms with E-state index in [4.69, 9.17) is 6.42 Å².